The van der Waals surface area contributed by atoms with Crippen LogP contribution in [0, 0.1) is 0 Å². The molecule has 1 rings (SSSR count). The second-order valence-corrected chi connectivity index (χ2v) is 19.6. The first kappa shape index (κ1) is 67.2. The Labute approximate surface area is 442 Å². The summed E-state index contributed by atoms with van der Waals surface area (Å²) in [6.45, 7) is 5.82. The van der Waals surface area contributed by atoms with Crippen LogP contribution in [0.25, 0.3) is 0 Å². The SMILES string of the molecule is CC/C=C\C/C=C\C/C=C\C/C=C\C/C=C\CC(=O)OC1C(OCC(COC(=O)CCCCCCC/C=C\CCCCCCCC)OC(=O)CCCCCCCCCCCCCCC)OC(C(=O)O)C(O)C1O. The predicted molar refractivity (Wildman–Crippen MR) is 294 cm³/mol. The average Bonchev–Trinajstić information content (AvgIpc) is 3.37. The molecule has 0 aromatic rings. The number of carboxylic acid groups (broad SMARTS) is 1. The molecule has 0 amide bonds. The van der Waals surface area contributed by atoms with Gasteiger partial charge in [-0.1, -0.05) is 222 Å². The minimum atomic E-state index is -1.93. The van der Waals surface area contributed by atoms with Crippen molar-refractivity contribution in [3.63, 3.8) is 0 Å². The van der Waals surface area contributed by atoms with Crippen molar-refractivity contribution in [2.24, 2.45) is 0 Å². The molecule has 0 saturated carbocycles. The van der Waals surface area contributed by atoms with Gasteiger partial charge in [-0.25, -0.2) is 4.79 Å². The van der Waals surface area contributed by atoms with Crippen molar-refractivity contribution in [1.82, 2.24) is 0 Å². The number of carbonyl (C=O) groups excluding carboxylic acids is 3. The quantitative estimate of drug-likeness (QED) is 0.0228. The monoisotopic (exact) mass is 1030 g/mol. The standard InChI is InChI=1S/C61H102O12/c1-4-7-10-13-16-19-22-25-27-30-32-35-38-41-44-47-53(62)69-50-52(71-54(63)48-45-42-39-36-33-29-24-21-18-15-12-9-6-3)51-70-61-59(57(66)56(65)58(73-61)60(67)68)72-55(64)49-46-43-40-37-34-31-28-26-23-20-17-14-11-8-5-2/h8,11,17,20,25-28,34,37,43,46,52,56-59,61,65-66H,4-7,9-10,12-16,18-19,21-24,29-33,35-36,38-42,44-45,47-51H2,1-3H3,(H,67,68)/b11-8-,20-17-,27-25-,28-26-,37-34-,46-43-. The minimum Gasteiger partial charge on any atom is -0.479 e. The third-order valence-corrected chi connectivity index (χ3v) is 12.8. The van der Waals surface area contributed by atoms with E-state index in [4.69, 9.17) is 23.7 Å². The molecule has 6 atom stereocenters. The highest BCUT2D eigenvalue weighted by Gasteiger charge is 2.50. The summed E-state index contributed by atoms with van der Waals surface area (Å²) in [5, 5.41) is 31.4. The molecule has 1 aliphatic heterocycles. The fraction of sp³-hybridized carbons (Fsp3) is 0.738. The predicted octanol–water partition coefficient (Wildman–Crippen LogP) is 14.6. The van der Waals surface area contributed by atoms with E-state index in [9.17, 15) is 34.5 Å². The Morgan fingerprint density at radius 3 is 1.37 bits per heavy atom. The zero-order valence-electron chi connectivity index (χ0n) is 45.9. The first-order chi connectivity index (χ1) is 35.6. The third kappa shape index (κ3) is 39.3. The highest BCUT2D eigenvalue weighted by atomic mass is 16.7. The summed E-state index contributed by atoms with van der Waals surface area (Å²) in [4.78, 5) is 51.0. The van der Waals surface area contributed by atoms with Crippen LogP contribution in [0.4, 0.5) is 0 Å². The number of carboxylic acids is 1. The van der Waals surface area contributed by atoms with Gasteiger partial charge >= 0.3 is 23.9 Å². The van der Waals surface area contributed by atoms with Crippen molar-refractivity contribution in [1.29, 1.82) is 0 Å². The second kappa shape index (κ2) is 49.1. The molecule has 0 aromatic carbocycles. The van der Waals surface area contributed by atoms with Crippen LogP contribution in [0.1, 0.15) is 239 Å². The van der Waals surface area contributed by atoms with Gasteiger partial charge in [0, 0.05) is 12.8 Å². The number of aliphatic carboxylic acids is 1. The number of allylic oxidation sites excluding steroid dienone is 11. The Kier molecular flexibility index (Phi) is 45.1. The Hall–Kier alpha value is -3.84. The topological polar surface area (TPSA) is 175 Å². The molecule has 12 nitrogen and oxygen atoms in total. The molecule has 418 valence electrons. The summed E-state index contributed by atoms with van der Waals surface area (Å²) in [6, 6.07) is 0. The number of aliphatic hydroxyl groups is 2. The van der Waals surface area contributed by atoms with Gasteiger partial charge in [-0.2, -0.15) is 0 Å². The summed E-state index contributed by atoms with van der Waals surface area (Å²) < 4.78 is 28.3. The van der Waals surface area contributed by atoms with Crippen LogP contribution in [0.15, 0.2) is 72.9 Å². The van der Waals surface area contributed by atoms with Crippen molar-refractivity contribution in [2.45, 2.75) is 276 Å². The number of hydrogen-bond acceptors (Lipinski definition) is 11. The molecule has 0 spiro atoms. The Balaban J connectivity index is 2.75. The number of hydrogen-bond donors (Lipinski definition) is 3. The number of esters is 3. The molecule has 1 fully saturated rings. The van der Waals surface area contributed by atoms with Crippen LogP contribution < -0.4 is 0 Å². The van der Waals surface area contributed by atoms with Gasteiger partial charge < -0.3 is 39.0 Å². The van der Waals surface area contributed by atoms with E-state index in [1.165, 1.54) is 96.3 Å². The molecule has 1 aliphatic rings. The molecule has 1 saturated heterocycles. The van der Waals surface area contributed by atoms with E-state index < -0.39 is 67.3 Å². The summed E-state index contributed by atoms with van der Waals surface area (Å²) in [6.07, 6.45) is 49.0. The lowest BCUT2D eigenvalue weighted by Gasteiger charge is -2.40. The van der Waals surface area contributed by atoms with Gasteiger partial charge in [-0.3, -0.25) is 14.4 Å². The lowest BCUT2D eigenvalue weighted by Crippen LogP contribution is -2.61. The Bertz CT molecular complexity index is 1550. The van der Waals surface area contributed by atoms with Gasteiger partial charge in [0.15, 0.2) is 24.6 Å². The van der Waals surface area contributed by atoms with Gasteiger partial charge in [0.1, 0.15) is 18.8 Å². The van der Waals surface area contributed by atoms with Crippen molar-refractivity contribution in [3.05, 3.63) is 72.9 Å². The number of aliphatic hydroxyl groups excluding tert-OH is 2. The van der Waals surface area contributed by atoms with Crippen molar-refractivity contribution < 1.29 is 58.2 Å². The third-order valence-electron chi connectivity index (χ3n) is 12.8. The van der Waals surface area contributed by atoms with Gasteiger partial charge in [0.05, 0.1) is 13.0 Å². The lowest BCUT2D eigenvalue weighted by atomic mass is 9.98. The molecular weight excluding hydrogens is 925 g/mol. The first-order valence-corrected chi connectivity index (χ1v) is 28.9. The largest absolute Gasteiger partial charge is 0.479 e. The van der Waals surface area contributed by atoms with Gasteiger partial charge in [0.2, 0.25) is 0 Å². The maximum absolute atomic E-state index is 13.1. The zero-order valence-corrected chi connectivity index (χ0v) is 45.9. The lowest BCUT2D eigenvalue weighted by molar-refractivity contribution is -0.301. The molecule has 73 heavy (non-hydrogen) atoms. The molecule has 6 unspecified atom stereocenters. The van der Waals surface area contributed by atoms with E-state index in [0.717, 1.165) is 83.5 Å². The highest BCUT2D eigenvalue weighted by molar-refractivity contribution is 5.74. The number of carbonyl (C=O) groups is 4. The summed E-state index contributed by atoms with van der Waals surface area (Å²) in [5.74, 6) is -3.29. The fourth-order valence-electron chi connectivity index (χ4n) is 8.38. The molecule has 0 aromatic heterocycles. The van der Waals surface area contributed by atoms with Gasteiger partial charge in [-0.05, 0) is 70.6 Å². The molecule has 0 aliphatic carbocycles. The maximum Gasteiger partial charge on any atom is 0.335 e. The average molecular weight is 1030 g/mol. The fourth-order valence-corrected chi connectivity index (χ4v) is 8.38. The highest BCUT2D eigenvalue weighted by Crippen LogP contribution is 2.26. The van der Waals surface area contributed by atoms with Crippen LogP contribution >= 0.6 is 0 Å². The van der Waals surface area contributed by atoms with Crippen molar-refractivity contribution in [3.8, 4) is 0 Å². The van der Waals surface area contributed by atoms with E-state index in [0.29, 0.717) is 19.3 Å². The molecule has 1 heterocycles. The molecule has 0 radical (unpaired) electrons. The number of unbranched alkanes of at least 4 members (excludes halogenated alkanes) is 23. The maximum atomic E-state index is 13.1. The summed E-state index contributed by atoms with van der Waals surface area (Å²) in [7, 11) is 0. The van der Waals surface area contributed by atoms with E-state index >= 15 is 0 Å². The summed E-state index contributed by atoms with van der Waals surface area (Å²) in [5.41, 5.74) is 0. The molecule has 0 bridgehead atoms. The van der Waals surface area contributed by atoms with E-state index in [2.05, 4.69) is 69.4 Å². The van der Waals surface area contributed by atoms with E-state index in [-0.39, 0.29) is 25.9 Å². The number of rotatable bonds is 48. The van der Waals surface area contributed by atoms with Crippen LogP contribution in [-0.4, -0.2) is 89.2 Å². The smallest absolute Gasteiger partial charge is 0.335 e. The number of ether oxygens (including phenoxy) is 5. The van der Waals surface area contributed by atoms with E-state index in [1.807, 2.05) is 12.2 Å². The Morgan fingerprint density at radius 1 is 0.479 bits per heavy atom. The molecular formula is C61H102O12. The van der Waals surface area contributed by atoms with Gasteiger partial charge in [-0.15, -0.1) is 0 Å². The summed E-state index contributed by atoms with van der Waals surface area (Å²) >= 11 is 0. The molecule has 12 heteroatoms. The normalized spacial score (nSPS) is 18.8. The zero-order chi connectivity index (χ0) is 53.3. The van der Waals surface area contributed by atoms with E-state index in [1.54, 1.807) is 12.2 Å². The van der Waals surface area contributed by atoms with Crippen LogP contribution in [0.2, 0.25) is 0 Å². The first-order valence-electron chi connectivity index (χ1n) is 28.9. The van der Waals surface area contributed by atoms with Gasteiger partial charge in [0.25, 0.3) is 0 Å². The van der Waals surface area contributed by atoms with Crippen LogP contribution in [0.5, 0.6) is 0 Å². The van der Waals surface area contributed by atoms with Crippen molar-refractivity contribution >= 4 is 23.9 Å². The van der Waals surface area contributed by atoms with Crippen LogP contribution in [-0.2, 0) is 42.9 Å². The second-order valence-electron chi connectivity index (χ2n) is 19.6. The molecule has 3 N–H and O–H groups in total. The Morgan fingerprint density at radius 2 is 0.904 bits per heavy atom. The van der Waals surface area contributed by atoms with Crippen LogP contribution in [0.3, 0.4) is 0 Å². The minimum absolute atomic E-state index is 0.152. The van der Waals surface area contributed by atoms with Crippen molar-refractivity contribution in [2.75, 3.05) is 13.2 Å².